The van der Waals surface area contributed by atoms with Gasteiger partial charge < -0.3 is 18.8 Å². The number of benzene rings is 1. The lowest BCUT2D eigenvalue weighted by Crippen LogP contribution is -2.41. The third-order valence-electron chi connectivity index (χ3n) is 5.49. The highest BCUT2D eigenvalue weighted by Crippen LogP contribution is 2.23. The molecule has 0 saturated carbocycles. The second kappa shape index (κ2) is 8.51. The normalized spacial score (nSPS) is 16.8. The zero-order chi connectivity index (χ0) is 20.2. The van der Waals surface area contributed by atoms with E-state index in [4.69, 9.17) is 4.74 Å². The predicted octanol–water partition coefficient (Wildman–Crippen LogP) is 3.64. The molecule has 152 valence electrons. The first-order chi connectivity index (χ1) is 14.1. The zero-order valence-electron chi connectivity index (χ0n) is 17.0. The Bertz CT molecular complexity index is 943. The van der Waals surface area contributed by atoms with Gasteiger partial charge in [-0.2, -0.15) is 0 Å². The van der Waals surface area contributed by atoms with Crippen LogP contribution in [0.1, 0.15) is 24.2 Å². The van der Waals surface area contributed by atoms with E-state index in [2.05, 4.69) is 14.5 Å². The van der Waals surface area contributed by atoms with E-state index in [1.807, 2.05) is 72.4 Å². The summed E-state index contributed by atoms with van der Waals surface area (Å²) < 4.78 is 9.66. The highest BCUT2D eigenvalue weighted by molar-refractivity contribution is 5.67. The van der Waals surface area contributed by atoms with Crippen molar-refractivity contribution in [3.05, 3.63) is 60.3 Å². The Morgan fingerprint density at radius 3 is 2.86 bits per heavy atom. The van der Waals surface area contributed by atoms with Crippen LogP contribution < -0.4 is 0 Å². The number of rotatable bonds is 5. The lowest BCUT2D eigenvalue weighted by molar-refractivity contribution is 0.0769. The lowest BCUT2D eigenvalue weighted by Gasteiger charge is -2.32. The van der Waals surface area contributed by atoms with Crippen LogP contribution in [0.4, 0.5) is 4.79 Å². The van der Waals surface area contributed by atoms with Crippen LogP contribution in [0.2, 0.25) is 0 Å². The number of carbonyl (C=O) groups excluding carboxylic acids is 1. The molecule has 1 aliphatic heterocycles. The Hall–Kier alpha value is -3.09. The van der Waals surface area contributed by atoms with Crippen molar-refractivity contribution in [1.82, 2.24) is 24.0 Å². The van der Waals surface area contributed by atoms with Gasteiger partial charge in [-0.1, -0.05) is 30.3 Å². The Kier molecular flexibility index (Phi) is 5.64. The largest absolute Gasteiger partial charge is 0.445 e. The number of amides is 1. The first-order valence-electron chi connectivity index (χ1n) is 10.1. The molecule has 1 saturated heterocycles. The third-order valence-corrected chi connectivity index (χ3v) is 5.49. The van der Waals surface area contributed by atoms with E-state index in [0.717, 1.165) is 48.8 Å². The number of aryl methyl sites for hydroxylation is 2. The molecule has 0 spiro atoms. The molecule has 1 atom stereocenters. The van der Waals surface area contributed by atoms with Crippen LogP contribution in [0.25, 0.3) is 11.5 Å². The molecule has 1 amide bonds. The summed E-state index contributed by atoms with van der Waals surface area (Å²) in [4.78, 5) is 23.5. The second-order valence-corrected chi connectivity index (χ2v) is 7.68. The number of imidazole rings is 2. The van der Waals surface area contributed by atoms with Gasteiger partial charge in [-0.25, -0.2) is 14.8 Å². The van der Waals surface area contributed by atoms with Gasteiger partial charge in [0.25, 0.3) is 0 Å². The van der Waals surface area contributed by atoms with Crippen molar-refractivity contribution in [1.29, 1.82) is 0 Å². The van der Waals surface area contributed by atoms with Gasteiger partial charge in [-0.3, -0.25) is 0 Å². The highest BCUT2D eigenvalue weighted by Gasteiger charge is 2.26. The van der Waals surface area contributed by atoms with E-state index in [0.29, 0.717) is 19.1 Å². The lowest BCUT2D eigenvalue weighted by atomic mass is 9.98. The van der Waals surface area contributed by atoms with E-state index in [1.165, 1.54) is 0 Å². The number of likely N-dealkylation sites (tertiary alicyclic amines) is 1. The Morgan fingerprint density at radius 1 is 1.28 bits per heavy atom. The Morgan fingerprint density at radius 2 is 2.10 bits per heavy atom. The molecular formula is C22H27N5O2. The summed E-state index contributed by atoms with van der Waals surface area (Å²) in [6, 6.07) is 9.79. The summed E-state index contributed by atoms with van der Waals surface area (Å²) in [5, 5.41) is 0. The first-order valence-corrected chi connectivity index (χ1v) is 10.1. The van der Waals surface area contributed by atoms with Gasteiger partial charge in [0.05, 0.1) is 0 Å². The van der Waals surface area contributed by atoms with Gasteiger partial charge in [0.1, 0.15) is 18.1 Å². The molecule has 1 fully saturated rings. The molecule has 0 aliphatic carbocycles. The SMILES string of the molecule is Cc1nc(-c2nccn2CC2CCCN(C(=O)OCc3ccccc3)C2)cn1C. The van der Waals surface area contributed by atoms with Crippen LogP contribution in [0, 0.1) is 12.8 Å². The van der Waals surface area contributed by atoms with E-state index < -0.39 is 0 Å². The highest BCUT2D eigenvalue weighted by atomic mass is 16.6. The van der Waals surface area contributed by atoms with Gasteiger partial charge in [-0.05, 0) is 31.2 Å². The van der Waals surface area contributed by atoms with E-state index in [1.54, 1.807) is 0 Å². The average Bonchev–Trinajstić information content (AvgIpc) is 3.33. The van der Waals surface area contributed by atoms with Gasteiger partial charge in [-0.15, -0.1) is 0 Å². The smallest absolute Gasteiger partial charge is 0.410 e. The maximum Gasteiger partial charge on any atom is 0.410 e. The fraction of sp³-hybridized carbons (Fsp3) is 0.409. The average molecular weight is 393 g/mol. The summed E-state index contributed by atoms with van der Waals surface area (Å²) in [6.45, 7) is 4.56. The molecule has 29 heavy (non-hydrogen) atoms. The number of hydrogen-bond acceptors (Lipinski definition) is 4. The number of hydrogen-bond donors (Lipinski definition) is 0. The molecule has 3 aromatic rings. The zero-order valence-corrected chi connectivity index (χ0v) is 17.0. The standard InChI is InChI=1S/C22H27N5O2/c1-17-24-20(15-25(17)2)21-23-10-12-26(21)13-19-9-6-11-27(14-19)22(28)29-16-18-7-4-3-5-8-18/h3-5,7-8,10,12,15,19H,6,9,11,13-14,16H2,1-2H3. The van der Waals surface area contributed by atoms with Crippen LogP contribution in [-0.2, 0) is 24.9 Å². The number of nitrogens with zero attached hydrogens (tertiary/aromatic N) is 5. The van der Waals surface area contributed by atoms with Crippen LogP contribution >= 0.6 is 0 Å². The molecule has 0 radical (unpaired) electrons. The van der Waals surface area contributed by atoms with E-state index >= 15 is 0 Å². The van der Waals surface area contributed by atoms with Crippen molar-refractivity contribution in [2.45, 2.75) is 32.9 Å². The summed E-state index contributed by atoms with van der Waals surface area (Å²) in [5.41, 5.74) is 1.88. The fourth-order valence-electron chi connectivity index (χ4n) is 3.83. The fourth-order valence-corrected chi connectivity index (χ4v) is 3.83. The number of ether oxygens (including phenoxy) is 1. The van der Waals surface area contributed by atoms with Gasteiger partial charge in [0.15, 0.2) is 5.82 Å². The topological polar surface area (TPSA) is 65.2 Å². The molecule has 3 heterocycles. The van der Waals surface area contributed by atoms with Crippen molar-refractivity contribution in [2.24, 2.45) is 13.0 Å². The van der Waals surface area contributed by atoms with Crippen molar-refractivity contribution >= 4 is 6.09 Å². The molecular weight excluding hydrogens is 366 g/mol. The van der Waals surface area contributed by atoms with Gasteiger partial charge >= 0.3 is 6.09 Å². The number of aromatic nitrogens is 4. The molecule has 2 aromatic heterocycles. The van der Waals surface area contributed by atoms with Crippen LogP contribution in [0.5, 0.6) is 0 Å². The Balaban J connectivity index is 1.37. The molecule has 0 N–H and O–H groups in total. The first kappa shape index (κ1) is 19.2. The van der Waals surface area contributed by atoms with E-state index in [9.17, 15) is 4.79 Å². The maximum absolute atomic E-state index is 12.5. The number of carbonyl (C=O) groups is 1. The monoisotopic (exact) mass is 393 g/mol. The number of piperidine rings is 1. The summed E-state index contributed by atoms with van der Waals surface area (Å²) in [6.07, 6.45) is 7.64. The predicted molar refractivity (Wildman–Crippen MR) is 110 cm³/mol. The Labute approximate surface area is 171 Å². The van der Waals surface area contributed by atoms with Crippen molar-refractivity contribution < 1.29 is 9.53 Å². The minimum atomic E-state index is -0.232. The molecule has 0 bridgehead atoms. The van der Waals surface area contributed by atoms with Crippen molar-refractivity contribution in [3.8, 4) is 11.5 Å². The molecule has 1 aromatic carbocycles. The maximum atomic E-state index is 12.5. The molecule has 1 unspecified atom stereocenters. The second-order valence-electron chi connectivity index (χ2n) is 7.68. The quantitative estimate of drug-likeness (QED) is 0.664. The van der Waals surface area contributed by atoms with Crippen LogP contribution in [0.15, 0.2) is 48.9 Å². The van der Waals surface area contributed by atoms with Crippen LogP contribution in [-0.4, -0.2) is 43.2 Å². The minimum Gasteiger partial charge on any atom is -0.445 e. The molecule has 7 nitrogen and oxygen atoms in total. The summed E-state index contributed by atoms with van der Waals surface area (Å²) in [7, 11) is 1.99. The summed E-state index contributed by atoms with van der Waals surface area (Å²) in [5.74, 6) is 2.20. The molecule has 1 aliphatic rings. The molecule has 4 rings (SSSR count). The third kappa shape index (κ3) is 4.50. The van der Waals surface area contributed by atoms with E-state index in [-0.39, 0.29) is 6.09 Å². The van der Waals surface area contributed by atoms with Gasteiger partial charge in [0.2, 0.25) is 0 Å². The summed E-state index contributed by atoms with van der Waals surface area (Å²) >= 11 is 0. The van der Waals surface area contributed by atoms with Crippen molar-refractivity contribution in [2.75, 3.05) is 13.1 Å². The van der Waals surface area contributed by atoms with Gasteiger partial charge in [0, 0.05) is 45.3 Å². The minimum absolute atomic E-state index is 0.232. The molecule has 7 heteroatoms. The van der Waals surface area contributed by atoms with Crippen molar-refractivity contribution in [3.63, 3.8) is 0 Å². The van der Waals surface area contributed by atoms with Crippen LogP contribution in [0.3, 0.4) is 0 Å².